The van der Waals surface area contributed by atoms with E-state index in [9.17, 15) is 13.2 Å². The van der Waals surface area contributed by atoms with Crippen LogP contribution in [0.4, 0.5) is 13.2 Å². The zero-order chi connectivity index (χ0) is 25.5. The Morgan fingerprint density at radius 1 is 1.06 bits per heavy atom. The van der Waals surface area contributed by atoms with Crippen LogP contribution < -0.4 is 10.5 Å². The van der Waals surface area contributed by atoms with Crippen LogP contribution >= 0.6 is 23.5 Å². The Bertz CT molecular complexity index is 1200. The van der Waals surface area contributed by atoms with Crippen molar-refractivity contribution in [2.75, 3.05) is 19.6 Å². The first-order chi connectivity index (χ1) is 17.3. The smallest absolute Gasteiger partial charge is 0.329 e. The molecule has 1 aliphatic rings. The number of hydrogen-bond acceptors (Lipinski definition) is 4. The van der Waals surface area contributed by atoms with E-state index in [0.717, 1.165) is 29.8 Å². The molecule has 4 rings (SSSR count). The van der Waals surface area contributed by atoms with E-state index in [4.69, 9.17) is 22.4 Å². The van der Waals surface area contributed by atoms with E-state index in [2.05, 4.69) is 21.8 Å². The van der Waals surface area contributed by atoms with Gasteiger partial charge in [-0.1, -0.05) is 54.1 Å². The zero-order valence-electron chi connectivity index (χ0n) is 19.3. The summed E-state index contributed by atoms with van der Waals surface area (Å²) in [4.78, 5) is 5.17. The van der Waals surface area contributed by atoms with E-state index in [1.807, 2.05) is 42.5 Å². The maximum absolute atomic E-state index is 12.9. The number of benzene rings is 3. The van der Waals surface area contributed by atoms with Gasteiger partial charge in [-0.15, -0.1) is 0 Å². The third kappa shape index (κ3) is 6.60. The minimum atomic E-state index is -4.37. The van der Waals surface area contributed by atoms with Gasteiger partial charge < -0.3 is 5.73 Å². The summed E-state index contributed by atoms with van der Waals surface area (Å²) >= 11 is 7.29. The summed E-state index contributed by atoms with van der Waals surface area (Å²) in [6.07, 6.45) is -3.58. The first-order valence-electron chi connectivity index (χ1n) is 11.4. The molecule has 1 aliphatic heterocycles. The van der Waals surface area contributed by atoms with Crippen LogP contribution in [0.25, 0.3) is 0 Å². The number of guanidine groups is 1. The van der Waals surface area contributed by atoms with Gasteiger partial charge in [-0.2, -0.15) is 18.3 Å². The zero-order valence-corrected chi connectivity index (χ0v) is 20.8. The maximum atomic E-state index is 12.9. The largest absolute Gasteiger partial charge is 0.416 e. The molecular formula is C26H25ClF3N5S. The van der Waals surface area contributed by atoms with Crippen molar-refractivity contribution >= 4 is 35.2 Å². The van der Waals surface area contributed by atoms with Gasteiger partial charge in [0.05, 0.1) is 17.8 Å². The number of aliphatic imine (C=N–C) groups is 1. The molecule has 36 heavy (non-hydrogen) atoms. The van der Waals surface area contributed by atoms with Gasteiger partial charge in [0.1, 0.15) is 0 Å². The van der Waals surface area contributed by atoms with Gasteiger partial charge in [0, 0.05) is 28.9 Å². The highest BCUT2D eigenvalue weighted by atomic mass is 35.5. The fraction of sp³-hybridized carbons (Fsp3) is 0.231. The molecule has 0 fully saturated rings. The van der Waals surface area contributed by atoms with Gasteiger partial charge in [-0.3, -0.25) is 4.72 Å². The van der Waals surface area contributed by atoms with E-state index in [0.29, 0.717) is 35.5 Å². The van der Waals surface area contributed by atoms with Crippen molar-refractivity contribution in [3.05, 3.63) is 101 Å². The van der Waals surface area contributed by atoms with E-state index >= 15 is 0 Å². The van der Waals surface area contributed by atoms with Gasteiger partial charge in [0.15, 0.2) is 0 Å². The number of halogens is 4. The normalized spacial score (nSPS) is 16.6. The molecule has 0 spiro atoms. The van der Waals surface area contributed by atoms with Crippen molar-refractivity contribution in [1.82, 2.24) is 9.73 Å². The highest BCUT2D eigenvalue weighted by Gasteiger charge is 2.30. The molecule has 0 amide bonds. The predicted octanol–water partition coefficient (Wildman–Crippen LogP) is 6.16. The molecule has 3 aromatic rings. The number of nitrogens with zero attached hydrogens (tertiary/aromatic N) is 3. The molecule has 1 atom stereocenters. The quantitative estimate of drug-likeness (QED) is 0.227. The second kappa shape index (κ2) is 11.8. The number of nitrogens with one attached hydrogen (secondary N) is 1. The Labute approximate surface area is 217 Å². The molecule has 0 radical (unpaired) electrons. The van der Waals surface area contributed by atoms with Crippen LogP contribution in [-0.4, -0.2) is 36.3 Å². The van der Waals surface area contributed by atoms with E-state index in [-0.39, 0.29) is 5.92 Å². The van der Waals surface area contributed by atoms with Crippen molar-refractivity contribution in [3.8, 4) is 0 Å². The second-order valence-electron chi connectivity index (χ2n) is 8.09. The highest BCUT2D eigenvalue weighted by molar-refractivity contribution is 7.98. The maximum Gasteiger partial charge on any atom is 0.416 e. The predicted molar refractivity (Wildman–Crippen MR) is 140 cm³/mol. The molecule has 0 saturated heterocycles. The number of rotatable bonds is 6. The molecule has 1 unspecified atom stereocenters. The molecule has 1 heterocycles. The van der Waals surface area contributed by atoms with Crippen molar-refractivity contribution < 1.29 is 13.2 Å². The molecule has 0 bridgehead atoms. The minimum absolute atomic E-state index is 0.0851. The van der Waals surface area contributed by atoms with E-state index < -0.39 is 11.7 Å². The number of hydrazone groups is 1. The van der Waals surface area contributed by atoms with Gasteiger partial charge in [-0.05, 0) is 65.9 Å². The average molecular weight is 532 g/mol. The molecule has 0 aromatic heterocycles. The van der Waals surface area contributed by atoms with Crippen molar-refractivity contribution in [2.24, 2.45) is 15.8 Å². The molecule has 3 aromatic carbocycles. The summed E-state index contributed by atoms with van der Waals surface area (Å²) in [6, 6.07) is 22.7. The third-order valence-electron chi connectivity index (χ3n) is 5.61. The lowest BCUT2D eigenvalue weighted by atomic mass is 9.86. The number of hydrogen-bond donors (Lipinski definition) is 2. The topological polar surface area (TPSA) is 66.0 Å². The molecule has 5 nitrogen and oxygen atoms in total. The molecule has 10 heteroatoms. The van der Waals surface area contributed by atoms with Crippen LogP contribution in [0.5, 0.6) is 0 Å². The minimum Gasteiger partial charge on any atom is -0.329 e. The van der Waals surface area contributed by atoms with Crippen LogP contribution in [0.3, 0.4) is 0 Å². The van der Waals surface area contributed by atoms with Crippen molar-refractivity contribution in [1.29, 1.82) is 0 Å². The van der Waals surface area contributed by atoms with Crippen LogP contribution in [0.15, 0.2) is 93.9 Å². The summed E-state index contributed by atoms with van der Waals surface area (Å²) in [5.74, 6) is 0.574. The van der Waals surface area contributed by atoms with Gasteiger partial charge in [-0.25, -0.2) is 10.0 Å². The summed E-state index contributed by atoms with van der Waals surface area (Å²) in [5.41, 5.74) is 7.99. The van der Waals surface area contributed by atoms with Crippen LogP contribution in [0.2, 0.25) is 5.02 Å². The van der Waals surface area contributed by atoms with Gasteiger partial charge in [0.25, 0.3) is 0 Å². The Kier molecular flexibility index (Phi) is 8.56. The summed E-state index contributed by atoms with van der Waals surface area (Å²) in [6.45, 7) is 1.32. The Balaban J connectivity index is 1.60. The first kappa shape index (κ1) is 26.1. The third-order valence-corrected chi connectivity index (χ3v) is 6.65. The van der Waals surface area contributed by atoms with Gasteiger partial charge in [0.2, 0.25) is 5.96 Å². The molecule has 188 valence electrons. The lowest BCUT2D eigenvalue weighted by Crippen LogP contribution is -2.41. The van der Waals surface area contributed by atoms with Gasteiger partial charge >= 0.3 is 6.18 Å². The average Bonchev–Trinajstić information content (AvgIpc) is 2.89. The fourth-order valence-electron chi connectivity index (χ4n) is 3.83. The fourth-order valence-corrected chi connectivity index (χ4v) is 4.61. The summed E-state index contributed by atoms with van der Waals surface area (Å²) in [7, 11) is 0. The van der Waals surface area contributed by atoms with E-state index in [1.165, 1.54) is 29.6 Å². The molecule has 0 saturated carbocycles. The Morgan fingerprint density at radius 2 is 1.75 bits per heavy atom. The number of nitrogens with two attached hydrogens (primary N) is 1. The Morgan fingerprint density at radius 3 is 2.39 bits per heavy atom. The Hall–Kier alpha value is -3.01. The summed E-state index contributed by atoms with van der Waals surface area (Å²) < 4.78 is 41.8. The number of alkyl halides is 3. The molecule has 0 aliphatic carbocycles. The lowest BCUT2D eigenvalue weighted by molar-refractivity contribution is -0.137. The SMILES string of the molecule is NCCN=C(NSc1ccc(C(F)(F)F)cc1)N1CCC(c2ccccc2)C(c2ccc(Cl)cc2)=N1. The first-order valence-corrected chi connectivity index (χ1v) is 12.6. The van der Waals surface area contributed by atoms with Crippen molar-refractivity contribution in [3.63, 3.8) is 0 Å². The molecule has 3 N–H and O–H groups in total. The van der Waals surface area contributed by atoms with E-state index in [1.54, 1.807) is 5.01 Å². The standard InChI is InChI=1S/C26H25ClF3N5S/c27-21-10-6-19(7-11-21)24-23(18-4-2-1-3-5-18)14-17-35(33-24)25(32-16-15-31)34-36-22-12-8-20(9-13-22)26(28,29)30/h1-13,23H,14-17,31H2,(H,32,34). The monoisotopic (exact) mass is 531 g/mol. The van der Waals surface area contributed by atoms with Crippen molar-refractivity contribution in [2.45, 2.75) is 23.4 Å². The lowest BCUT2D eigenvalue weighted by Gasteiger charge is -2.32. The van der Waals surface area contributed by atoms with Crippen LogP contribution in [0, 0.1) is 0 Å². The molecular weight excluding hydrogens is 507 g/mol. The van der Waals surface area contributed by atoms with Crippen LogP contribution in [-0.2, 0) is 6.18 Å². The second-order valence-corrected chi connectivity index (χ2v) is 9.40. The van der Waals surface area contributed by atoms with Crippen LogP contribution in [0.1, 0.15) is 29.0 Å². The summed E-state index contributed by atoms with van der Waals surface area (Å²) in [5, 5.41) is 7.39. The highest BCUT2D eigenvalue weighted by Crippen LogP contribution is 2.32.